The zero-order valence-electron chi connectivity index (χ0n) is 18.3. The number of rotatable bonds is 9. The fraction of sp³-hybridized carbons (Fsp3) is 0.435. The molecule has 1 saturated heterocycles. The summed E-state index contributed by atoms with van der Waals surface area (Å²) in [5, 5.41) is 3.08. The lowest BCUT2D eigenvalue weighted by Gasteiger charge is -2.31. The van der Waals surface area contributed by atoms with E-state index < -0.39 is 0 Å². The maximum atomic E-state index is 6.02. The molecule has 0 radical (unpaired) electrons. The molecule has 1 fully saturated rings. The van der Waals surface area contributed by atoms with E-state index in [1.807, 2.05) is 48.5 Å². The van der Waals surface area contributed by atoms with Gasteiger partial charge in [0, 0.05) is 37.6 Å². The first-order chi connectivity index (χ1) is 14.6. The Balaban J connectivity index is 0.00000341. The van der Waals surface area contributed by atoms with Crippen molar-refractivity contribution in [2.75, 3.05) is 45.8 Å². The fourth-order valence-electron chi connectivity index (χ4n) is 3.41. The number of methoxy groups -OCH3 is 1. The van der Waals surface area contributed by atoms with Crippen LogP contribution in [0.4, 0.5) is 5.69 Å². The zero-order valence-corrected chi connectivity index (χ0v) is 20.6. The van der Waals surface area contributed by atoms with E-state index in [-0.39, 0.29) is 24.0 Å². The molecule has 7 nitrogen and oxygen atoms in total. The van der Waals surface area contributed by atoms with Gasteiger partial charge in [-0.15, -0.1) is 24.0 Å². The SMILES string of the molecule is COc1cccc(NC(N)=NCc2cccc(OCCN(C)C3CCOCC3)c2)c1.I. The van der Waals surface area contributed by atoms with Crippen LogP contribution < -0.4 is 20.5 Å². The minimum absolute atomic E-state index is 0. The third-order valence-electron chi connectivity index (χ3n) is 5.20. The van der Waals surface area contributed by atoms with Crippen LogP contribution in [0.3, 0.4) is 0 Å². The Hall–Kier alpha value is -2.04. The van der Waals surface area contributed by atoms with Crippen LogP contribution in [0.15, 0.2) is 53.5 Å². The average Bonchev–Trinajstić information content (AvgIpc) is 2.78. The Labute approximate surface area is 202 Å². The number of likely N-dealkylation sites (N-methyl/N-ethyl adjacent to an activating group) is 1. The highest BCUT2D eigenvalue weighted by molar-refractivity contribution is 14.0. The van der Waals surface area contributed by atoms with Gasteiger partial charge >= 0.3 is 0 Å². The van der Waals surface area contributed by atoms with Crippen LogP contribution in [0, 0.1) is 0 Å². The van der Waals surface area contributed by atoms with Gasteiger partial charge in [-0.2, -0.15) is 0 Å². The molecule has 2 aromatic carbocycles. The maximum absolute atomic E-state index is 6.02. The summed E-state index contributed by atoms with van der Waals surface area (Å²) in [6.07, 6.45) is 2.18. The lowest BCUT2D eigenvalue weighted by molar-refractivity contribution is 0.0392. The van der Waals surface area contributed by atoms with Gasteiger partial charge < -0.3 is 25.3 Å². The zero-order chi connectivity index (χ0) is 21.2. The number of benzene rings is 2. The molecule has 0 spiro atoms. The third kappa shape index (κ3) is 8.54. The van der Waals surface area contributed by atoms with Gasteiger partial charge in [0.05, 0.1) is 13.7 Å². The van der Waals surface area contributed by atoms with E-state index >= 15 is 0 Å². The molecule has 2 aromatic rings. The van der Waals surface area contributed by atoms with E-state index in [0.717, 1.165) is 55.4 Å². The van der Waals surface area contributed by atoms with Gasteiger partial charge in [-0.05, 0) is 49.7 Å². The lowest BCUT2D eigenvalue weighted by atomic mass is 10.1. The van der Waals surface area contributed by atoms with Gasteiger partial charge in [0.2, 0.25) is 0 Å². The lowest BCUT2D eigenvalue weighted by Crippen LogP contribution is -2.38. The van der Waals surface area contributed by atoms with Crippen LogP contribution >= 0.6 is 24.0 Å². The number of guanidine groups is 1. The van der Waals surface area contributed by atoms with Crippen molar-refractivity contribution in [2.45, 2.75) is 25.4 Å². The largest absolute Gasteiger partial charge is 0.497 e. The Morgan fingerprint density at radius 2 is 1.90 bits per heavy atom. The molecule has 0 aromatic heterocycles. The van der Waals surface area contributed by atoms with Crippen molar-refractivity contribution >= 4 is 35.6 Å². The van der Waals surface area contributed by atoms with Crippen LogP contribution in [0.5, 0.6) is 11.5 Å². The number of ether oxygens (including phenoxy) is 3. The molecule has 3 rings (SSSR count). The van der Waals surface area contributed by atoms with Gasteiger partial charge in [-0.25, -0.2) is 4.99 Å². The van der Waals surface area contributed by atoms with E-state index in [1.165, 1.54) is 0 Å². The van der Waals surface area contributed by atoms with Crippen molar-refractivity contribution in [1.29, 1.82) is 0 Å². The Bertz CT molecular complexity index is 828. The van der Waals surface area contributed by atoms with Crippen molar-refractivity contribution in [3.8, 4) is 11.5 Å². The molecule has 8 heteroatoms. The molecule has 3 N–H and O–H groups in total. The molecular formula is C23H33IN4O3. The minimum atomic E-state index is 0. The number of nitrogens with zero attached hydrogens (tertiary/aromatic N) is 2. The van der Waals surface area contributed by atoms with Crippen LogP contribution in [0.25, 0.3) is 0 Å². The molecule has 170 valence electrons. The van der Waals surface area contributed by atoms with Gasteiger partial charge in [0.15, 0.2) is 5.96 Å². The topological polar surface area (TPSA) is 81.3 Å². The average molecular weight is 540 g/mol. The summed E-state index contributed by atoms with van der Waals surface area (Å²) in [5.74, 6) is 1.97. The number of hydrogen-bond acceptors (Lipinski definition) is 5. The van der Waals surface area contributed by atoms with Gasteiger partial charge in [-0.1, -0.05) is 18.2 Å². The number of aliphatic imine (C=N–C) groups is 1. The fourth-order valence-corrected chi connectivity index (χ4v) is 3.41. The monoisotopic (exact) mass is 540 g/mol. The first kappa shape index (κ1) is 25.2. The number of nitrogens with two attached hydrogens (primary N) is 1. The highest BCUT2D eigenvalue weighted by Gasteiger charge is 2.17. The predicted octanol–water partition coefficient (Wildman–Crippen LogP) is 3.73. The molecule has 1 aliphatic heterocycles. The van der Waals surface area contributed by atoms with Crippen molar-refractivity contribution in [1.82, 2.24) is 4.90 Å². The standard InChI is InChI=1S/C23H32N4O3.HI/c1-27(20-9-12-29-13-10-20)11-14-30-22-8-3-5-18(15-22)17-25-23(24)26-19-6-4-7-21(16-19)28-2;/h3-8,15-16,20H,9-14,17H2,1-2H3,(H3,24,25,26);1H. The summed E-state index contributed by atoms with van der Waals surface area (Å²) < 4.78 is 16.6. The van der Waals surface area contributed by atoms with Crippen LogP contribution in [0.2, 0.25) is 0 Å². The molecule has 31 heavy (non-hydrogen) atoms. The molecule has 0 amide bonds. The molecule has 0 bridgehead atoms. The Morgan fingerprint density at radius 1 is 1.16 bits per heavy atom. The van der Waals surface area contributed by atoms with Crippen molar-refractivity contribution < 1.29 is 14.2 Å². The van der Waals surface area contributed by atoms with E-state index in [1.54, 1.807) is 7.11 Å². The molecule has 0 atom stereocenters. The number of nitrogens with one attached hydrogen (secondary N) is 1. The van der Waals surface area contributed by atoms with Crippen molar-refractivity contribution in [2.24, 2.45) is 10.7 Å². The quantitative estimate of drug-likeness (QED) is 0.287. The highest BCUT2D eigenvalue weighted by Crippen LogP contribution is 2.17. The molecular weight excluding hydrogens is 507 g/mol. The van der Waals surface area contributed by atoms with Crippen LogP contribution in [0.1, 0.15) is 18.4 Å². The molecule has 0 saturated carbocycles. The third-order valence-corrected chi connectivity index (χ3v) is 5.20. The first-order valence-electron chi connectivity index (χ1n) is 10.3. The van der Waals surface area contributed by atoms with Crippen molar-refractivity contribution in [3.63, 3.8) is 0 Å². The van der Waals surface area contributed by atoms with E-state index in [9.17, 15) is 0 Å². The summed E-state index contributed by atoms with van der Waals surface area (Å²) in [7, 11) is 3.79. The number of hydrogen-bond donors (Lipinski definition) is 2. The second-order valence-corrected chi connectivity index (χ2v) is 7.38. The molecule has 0 aliphatic carbocycles. The predicted molar refractivity (Wildman–Crippen MR) is 136 cm³/mol. The first-order valence-corrected chi connectivity index (χ1v) is 10.3. The molecule has 0 unspecified atom stereocenters. The van der Waals surface area contributed by atoms with Gasteiger partial charge in [0.25, 0.3) is 0 Å². The summed E-state index contributed by atoms with van der Waals surface area (Å²) >= 11 is 0. The van der Waals surface area contributed by atoms with E-state index in [4.69, 9.17) is 19.9 Å². The summed E-state index contributed by atoms with van der Waals surface area (Å²) in [5.41, 5.74) is 7.90. The van der Waals surface area contributed by atoms with Crippen LogP contribution in [-0.2, 0) is 11.3 Å². The summed E-state index contributed by atoms with van der Waals surface area (Å²) in [4.78, 5) is 6.79. The number of anilines is 1. The summed E-state index contributed by atoms with van der Waals surface area (Å²) in [6, 6.07) is 16.1. The Kier molecular flexibility index (Phi) is 10.9. The van der Waals surface area contributed by atoms with E-state index in [0.29, 0.717) is 25.2 Å². The highest BCUT2D eigenvalue weighted by atomic mass is 127. The van der Waals surface area contributed by atoms with E-state index in [2.05, 4.69) is 22.3 Å². The molecule has 1 heterocycles. The molecule has 1 aliphatic rings. The second kappa shape index (κ2) is 13.4. The van der Waals surface area contributed by atoms with Crippen molar-refractivity contribution in [3.05, 3.63) is 54.1 Å². The van der Waals surface area contributed by atoms with Gasteiger partial charge in [-0.3, -0.25) is 4.90 Å². The Morgan fingerprint density at radius 3 is 2.68 bits per heavy atom. The minimum Gasteiger partial charge on any atom is -0.497 e. The smallest absolute Gasteiger partial charge is 0.193 e. The normalized spacial score (nSPS) is 14.7. The second-order valence-electron chi connectivity index (χ2n) is 7.38. The maximum Gasteiger partial charge on any atom is 0.193 e. The van der Waals surface area contributed by atoms with Crippen LogP contribution in [-0.4, -0.2) is 57.4 Å². The number of halogens is 1. The summed E-state index contributed by atoms with van der Waals surface area (Å²) in [6.45, 7) is 3.73. The van der Waals surface area contributed by atoms with Gasteiger partial charge in [0.1, 0.15) is 18.1 Å².